The van der Waals surface area contributed by atoms with E-state index in [1.165, 1.54) is 4.31 Å². The van der Waals surface area contributed by atoms with Gasteiger partial charge in [0.2, 0.25) is 15.9 Å². The number of imidazole rings is 1. The van der Waals surface area contributed by atoms with E-state index in [4.69, 9.17) is 11.6 Å². The molecule has 7 nitrogen and oxygen atoms in total. The van der Waals surface area contributed by atoms with Crippen LogP contribution < -0.4 is 5.32 Å². The Morgan fingerprint density at radius 1 is 1.17 bits per heavy atom. The molecule has 4 rings (SSSR count). The lowest BCUT2D eigenvalue weighted by Crippen LogP contribution is -2.27. The monoisotopic (exact) mass is 432 g/mol. The van der Waals surface area contributed by atoms with Crippen molar-refractivity contribution >= 4 is 44.3 Å². The molecule has 29 heavy (non-hydrogen) atoms. The molecule has 0 saturated carbocycles. The number of H-pyrrole nitrogens is 1. The minimum absolute atomic E-state index is 0.162. The van der Waals surface area contributed by atoms with Crippen molar-refractivity contribution in [3.8, 4) is 0 Å². The van der Waals surface area contributed by atoms with E-state index in [1.54, 1.807) is 42.7 Å². The van der Waals surface area contributed by atoms with Crippen LogP contribution in [-0.4, -0.2) is 41.7 Å². The number of amides is 1. The number of aryl methyl sites for hydroxylation is 1. The van der Waals surface area contributed by atoms with E-state index >= 15 is 0 Å². The SMILES string of the molecule is O=C(CCc1ccc(S(=O)(=O)N2CCCC2)cc1)Nc1cc(Cl)cc2[nH]cnc12. The third-order valence-electron chi connectivity index (χ3n) is 5.03. The van der Waals surface area contributed by atoms with Crippen molar-refractivity contribution in [1.82, 2.24) is 14.3 Å². The minimum atomic E-state index is -3.42. The van der Waals surface area contributed by atoms with Crippen LogP contribution in [0.15, 0.2) is 47.6 Å². The molecule has 1 saturated heterocycles. The van der Waals surface area contributed by atoms with Gasteiger partial charge in [0, 0.05) is 24.5 Å². The number of halogens is 1. The Morgan fingerprint density at radius 2 is 1.90 bits per heavy atom. The van der Waals surface area contributed by atoms with Crippen LogP contribution in [0.5, 0.6) is 0 Å². The fraction of sp³-hybridized carbons (Fsp3) is 0.300. The zero-order chi connectivity index (χ0) is 20.4. The summed E-state index contributed by atoms with van der Waals surface area (Å²) in [5.41, 5.74) is 2.86. The van der Waals surface area contributed by atoms with Gasteiger partial charge in [0.1, 0.15) is 5.52 Å². The Morgan fingerprint density at radius 3 is 2.62 bits per heavy atom. The number of hydrogen-bond acceptors (Lipinski definition) is 4. The third kappa shape index (κ3) is 4.29. The quantitative estimate of drug-likeness (QED) is 0.622. The van der Waals surface area contributed by atoms with Gasteiger partial charge in [0.05, 0.1) is 22.4 Å². The second kappa shape index (κ2) is 8.14. The molecule has 0 aliphatic carbocycles. The van der Waals surface area contributed by atoms with Crippen LogP contribution in [0, 0.1) is 0 Å². The van der Waals surface area contributed by atoms with Crippen molar-refractivity contribution in [3.63, 3.8) is 0 Å². The Kier molecular flexibility index (Phi) is 5.58. The molecule has 1 amide bonds. The molecular weight excluding hydrogens is 412 g/mol. The number of nitrogens with zero attached hydrogens (tertiary/aromatic N) is 2. The fourth-order valence-electron chi connectivity index (χ4n) is 3.49. The number of fused-ring (bicyclic) bond motifs is 1. The van der Waals surface area contributed by atoms with Gasteiger partial charge in [-0.25, -0.2) is 13.4 Å². The molecule has 2 N–H and O–H groups in total. The maximum atomic E-state index is 12.6. The summed E-state index contributed by atoms with van der Waals surface area (Å²) in [5, 5.41) is 3.35. The summed E-state index contributed by atoms with van der Waals surface area (Å²) in [6.07, 6.45) is 4.12. The van der Waals surface area contributed by atoms with Crippen LogP contribution in [0.3, 0.4) is 0 Å². The molecular formula is C20H21ClN4O3S. The predicted octanol–water partition coefficient (Wildman–Crippen LogP) is 3.57. The Bertz CT molecular complexity index is 1140. The molecule has 0 radical (unpaired) electrons. The molecule has 0 unspecified atom stereocenters. The molecule has 0 atom stereocenters. The average Bonchev–Trinajstić information content (AvgIpc) is 3.39. The largest absolute Gasteiger partial charge is 0.344 e. The van der Waals surface area contributed by atoms with Gasteiger partial charge in [-0.15, -0.1) is 0 Å². The van der Waals surface area contributed by atoms with Crippen LogP contribution in [0.2, 0.25) is 5.02 Å². The Hall–Kier alpha value is -2.42. The van der Waals surface area contributed by atoms with Gasteiger partial charge in [-0.1, -0.05) is 23.7 Å². The van der Waals surface area contributed by atoms with Crippen molar-refractivity contribution in [2.75, 3.05) is 18.4 Å². The van der Waals surface area contributed by atoms with Crippen molar-refractivity contribution in [3.05, 3.63) is 53.3 Å². The standard InChI is InChI=1S/C20H21ClN4O3S/c21-15-11-17-20(23-13-22-17)18(12-15)24-19(26)8-5-14-3-6-16(7-4-14)29(27,28)25-9-1-2-10-25/h3-4,6-7,11-13H,1-2,5,8-10H2,(H,22,23)(H,24,26). The first-order chi connectivity index (χ1) is 13.9. The van der Waals surface area contributed by atoms with Crippen LogP contribution in [0.25, 0.3) is 11.0 Å². The van der Waals surface area contributed by atoms with E-state index in [0.717, 1.165) is 23.9 Å². The summed E-state index contributed by atoms with van der Waals surface area (Å²) in [4.78, 5) is 19.8. The number of hydrogen-bond donors (Lipinski definition) is 2. The number of anilines is 1. The van der Waals surface area contributed by atoms with Gasteiger partial charge in [-0.05, 0) is 49.1 Å². The first-order valence-corrected chi connectivity index (χ1v) is 11.3. The fourth-order valence-corrected chi connectivity index (χ4v) is 5.22. The first-order valence-electron chi connectivity index (χ1n) is 9.45. The second-order valence-electron chi connectivity index (χ2n) is 7.06. The molecule has 1 fully saturated rings. The lowest BCUT2D eigenvalue weighted by molar-refractivity contribution is -0.116. The van der Waals surface area contributed by atoms with E-state index < -0.39 is 10.0 Å². The Labute approximate surface area is 174 Å². The minimum Gasteiger partial charge on any atom is -0.344 e. The summed E-state index contributed by atoms with van der Waals surface area (Å²) in [7, 11) is -3.42. The van der Waals surface area contributed by atoms with Crippen LogP contribution >= 0.6 is 11.6 Å². The highest BCUT2D eigenvalue weighted by atomic mass is 35.5. The highest BCUT2D eigenvalue weighted by Crippen LogP contribution is 2.26. The summed E-state index contributed by atoms with van der Waals surface area (Å²) in [5.74, 6) is -0.162. The van der Waals surface area contributed by atoms with Crippen molar-refractivity contribution in [1.29, 1.82) is 0 Å². The number of carbonyl (C=O) groups excluding carboxylic acids is 1. The molecule has 2 aromatic carbocycles. The zero-order valence-corrected chi connectivity index (χ0v) is 17.3. The average molecular weight is 433 g/mol. The lowest BCUT2D eigenvalue weighted by Gasteiger charge is -2.15. The van der Waals surface area contributed by atoms with E-state index in [2.05, 4.69) is 15.3 Å². The number of rotatable bonds is 6. The van der Waals surface area contributed by atoms with Crippen LogP contribution in [0.4, 0.5) is 5.69 Å². The number of aromatic amines is 1. The molecule has 152 valence electrons. The van der Waals surface area contributed by atoms with Gasteiger partial charge < -0.3 is 10.3 Å². The molecule has 3 aromatic rings. The molecule has 2 heterocycles. The van der Waals surface area contributed by atoms with Crippen molar-refractivity contribution in [2.24, 2.45) is 0 Å². The number of sulfonamides is 1. The Balaban J connectivity index is 1.38. The molecule has 1 aliphatic heterocycles. The highest BCUT2D eigenvalue weighted by Gasteiger charge is 2.26. The van der Waals surface area contributed by atoms with Crippen molar-refractivity contribution in [2.45, 2.75) is 30.6 Å². The van der Waals surface area contributed by atoms with E-state index in [1.807, 2.05) is 0 Å². The number of benzene rings is 2. The molecule has 1 aromatic heterocycles. The molecule has 0 bridgehead atoms. The molecule has 0 spiro atoms. The van der Waals surface area contributed by atoms with Crippen LogP contribution in [0.1, 0.15) is 24.8 Å². The van der Waals surface area contributed by atoms with E-state index in [9.17, 15) is 13.2 Å². The summed E-state index contributed by atoms with van der Waals surface area (Å²) >= 11 is 6.08. The summed E-state index contributed by atoms with van der Waals surface area (Å²) < 4.78 is 26.7. The number of nitrogens with one attached hydrogen (secondary N) is 2. The number of aromatic nitrogens is 2. The zero-order valence-electron chi connectivity index (χ0n) is 15.7. The maximum absolute atomic E-state index is 12.6. The summed E-state index contributed by atoms with van der Waals surface area (Å²) in [6.45, 7) is 1.16. The summed E-state index contributed by atoms with van der Waals surface area (Å²) in [6, 6.07) is 10.2. The topological polar surface area (TPSA) is 95.2 Å². The smallest absolute Gasteiger partial charge is 0.243 e. The highest BCUT2D eigenvalue weighted by molar-refractivity contribution is 7.89. The number of carbonyl (C=O) groups is 1. The van der Waals surface area contributed by atoms with Gasteiger partial charge in [0.25, 0.3) is 0 Å². The van der Waals surface area contributed by atoms with Crippen LogP contribution in [-0.2, 0) is 21.2 Å². The molecule has 9 heteroatoms. The van der Waals surface area contributed by atoms with Gasteiger partial charge >= 0.3 is 0 Å². The third-order valence-corrected chi connectivity index (χ3v) is 7.16. The van der Waals surface area contributed by atoms with E-state index in [-0.39, 0.29) is 12.3 Å². The maximum Gasteiger partial charge on any atom is 0.243 e. The predicted molar refractivity (Wildman–Crippen MR) is 112 cm³/mol. The molecule has 1 aliphatic rings. The van der Waals surface area contributed by atoms with Crippen molar-refractivity contribution < 1.29 is 13.2 Å². The normalized spacial score (nSPS) is 15.1. The van der Waals surface area contributed by atoms with E-state index in [0.29, 0.717) is 40.6 Å². The van der Waals surface area contributed by atoms with Gasteiger partial charge in [-0.3, -0.25) is 4.79 Å². The van der Waals surface area contributed by atoms with Gasteiger partial charge in [-0.2, -0.15) is 4.31 Å². The first kappa shape index (κ1) is 19.9. The lowest BCUT2D eigenvalue weighted by atomic mass is 10.1. The second-order valence-corrected chi connectivity index (χ2v) is 9.43. The van der Waals surface area contributed by atoms with Gasteiger partial charge in [0.15, 0.2) is 0 Å².